The van der Waals surface area contributed by atoms with E-state index in [0.717, 1.165) is 0 Å². The second-order valence-electron chi connectivity index (χ2n) is 8.20. The van der Waals surface area contributed by atoms with Crippen LogP contribution in [0.3, 0.4) is 0 Å². The van der Waals surface area contributed by atoms with Crippen LogP contribution in [0.4, 0.5) is 0 Å². The van der Waals surface area contributed by atoms with Crippen LogP contribution in [0.5, 0.6) is 0 Å². The highest BCUT2D eigenvalue weighted by atomic mass is 16.5. The normalized spacial score (nSPS) is 26.1. The molecule has 0 saturated carbocycles. The first-order valence-corrected chi connectivity index (χ1v) is 9.03. The zero-order valence-electron chi connectivity index (χ0n) is 16.1. The summed E-state index contributed by atoms with van der Waals surface area (Å²) in [6.07, 6.45) is -0.796. The lowest BCUT2D eigenvalue weighted by Gasteiger charge is -2.35. The molecule has 7 nitrogen and oxygen atoms in total. The van der Waals surface area contributed by atoms with Crippen LogP contribution in [0.2, 0.25) is 0 Å². The number of likely N-dealkylation sites (tertiary alicyclic amines) is 1. The van der Waals surface area contributed by atoms with Crippen LogP contribution in [0, 0.1) is 5.41 Å². The van der Waals surface area contributed by atoms with Gasteiger partial charge in [-0.3, -0.25) is 14.4 Å². The first-order chi connectivity index (χ1) is 12.7. The van der Waals surface area contributed by atoms with E-state index in [2.05, 4.69) is 0 Å². The molecule has 1 aromatic rings. The number of amides is 2. The minimum absolute atomic E-state index is 0.0168. The number of hydrogen-bond donors (Lipinski definition) is 1. The summed E-state index contributed by atoms with van der Waals surface area (Å²) in [6.45, 7) is 6.06. The minimum atomic E-state index is -0.645. The standard InChI is InChI=1S/C20H26N2O5/c1-20(2,3)15(11-7-5-6-8-12(11)18(21)24)19(25)22-9-14(26-4)17-16(22)13(23)10-27-17/h5-8,14-17H,9-10H2,1-4H3,(H2,21,24)/t14-,15+,16-,17-/m1/s1. The first-order valence-electron chi connectivity index (χ1n) is 9.03. The summed E-state index contributed by atoms with van der Waals surface area (Å²) >= 11 is 0. The molecule has 2 amide bonds. The predicted octanol–water partition coefficient (Wildman–Crippen LogP) is 1.11. The summed E-state index contributed by atoms with van der Waals surface area (Å²) in [4.78, 5) is 39.5. The van der Waals surface area contributed by atoms with E-state index in [1.165, 1.54) is 0 Å². The molecular weight excluding hydrogens is 348 g/mol. The van der Waals surface area contributed by atoms with Gasteiger partial charge in [-0.15, -0.1) is 0 Å². The molecule has 2 fully saturated rings. The summed E-state index contributed by atoms with van der Waals surface area (Å²) < 4.78 is 11.0. The molecular formula is C20H26N2O5. The lowest BCUT2D eigenvalue weighted by atomic mass is 9.74. The van der Waals surface area contributed by atoms with Gasteiger partial charge in [0.15, 0.2) is 5.78 Å². The van der Waals surface area contributed by atoms with Gasteiger partial charge in [0.25, 0.3) is 0 Å². The van der Waals surface area contributed by atoms with Crippen molar-refractivity contribution in [1.82, 2.24) is 4.90 Å². The van der Waals surface area contributed by atoms with Crippen molar-refractivity contribution in [3.63, 3.8) is 0 Å². The van der Waals surface area contributed by atoms with Gasteiger partial charge < -0.3 is 20.1 Å². The number of ether oxygens (including phenoxy) is 2. The van der Waals surface area contributed by atoms with Crippen LogP contribution >= 0.6 is 0 Å². The molecule has 1 aromatic carbocycles. The van der Waals surface area contributed by atoms with E-state index >= 15 is 0 Å². The average molecular weight is 374 g/mol. The van der Waals surface area contributed by atoms with E-state index in [1.807, 2.05) is 20.8 Å². The van der Waals surface area contributed by atoms with Crippen molar-refractivity contribution in [3.8, 4) is 0 Å². The lowest BCUT2D eigenvalue weighted by molar-refractivity contribution is -0.140. The van der Waals surface area contributed by atoms with Gasteiger partial charge in [0.1, 0.15) is 24.9 Å². The summed E-state index contributed by atoms with van der Waals surface area (Å²) in [5.74, 6) is -1.55. The first kappa shape index (κ1) is 19.5. The molecule has 0 spiro atoms. The Morgan fingerprint density at radius 3 is 2.56 bits per heavy atom. The SMILES string of the molecule is CO[C@@H]1CN(C(=O)[C@H](c2ccccc2C(N)=O)C(C)(C)C)[C@@H]2C(=O)CO[C@@H]21. The molecule has 27 heavy (non-hydrogen) atoms. The number of methoxy groups -OCH3 is 1. The Bertz CT molecular complexity index is 770. The highest BCUT2D eigenvalue weighted by Gasteiger charge is 2.54. The topological polar surface area (TPSA) is 98.9 Å². The number of fused-ring (bicyclic) bond motifs is 1. The molecule has 2 saturated heterocycles. The number of ketones is 1. The summed E-state index contributed by atoms with van der Waals surface area (Å²) in [5.41, 5.74) is 5.94. The van der Waals surface area contributed by atoms with Gasteiger partial charge in [0, 0.05) is 12.7 Å². The quantitative estimate of drug-likeness (QED) is 0.851. The van der Waals surface area contributed by atoms with E-state index in [4.69, 9.17) is 15.2 Å². The second-order valence-corrected chi connectivity index (χ2v) is 8.20. The zero-order valence-corrected chi connectivity index (χ0v) is 16.1. The Morgan fingerprint density at radius 1 is 1.30 bits per heavy atom. The van der Waals surface area contributed by atoms with E-state index in [9.17, 15) is 14.4 Å². The van der Waals surface area contributed by atoms with Gasteiger partial charge in [-0.2, -0.15) is 0 Å². The highest BCUT2D eigenvalue weighted by molar-refractivity contribution is 5.99. The molecule has 2 N–H and O–H groups in total. The van der Waals surface area contributed by atoms with Crippen molar-refractivity contribution in [2.45, 2.75) is 44.9 Å². The molecule has 146 valence electrons. The lowest BCUT2D eigenvalue weighted by Crippen LogP contribution is -2.46. The van der Waals surface area contributed by atoms with Crippen LogP contribution in [0.25, 0.3) is 0 Å². The maximum Gasteiger partial charge on any atom is 0.249 e. The van der Waals surface area contributed by atoms with Crippen LogP contribution in [-0.4, -0.2) is 61.0 Å². The molecule has 0 aliphatic carbocycles. The maximum absolute atomic E-state index is 13.6. The van der Waals surface area contributed by atoms with Gasteiger partial charge >= 0.3 is 0 Å². The highest BCUT2D eigenvalue weighted by Crippen LogP contribution is 2.41. The van der Waals surface area contributed by atoms with Crippen molar-refractivity contribution < 1.29 is 23.9 Å². The molecule has 0 bridgehead atoms. The smallest absolute Gasteiger partial charge is 0.249 e. The Balaban J connectivity index is 2.04. The van der Waals surface area contributed by atoms with E-state index in [-0.39, 0.29) is 30.9 Å². The number of carbonyl (C=O) groups excluding carboxylic acids is 3. The van der Waals surface area contributed by atoms with E-state index < -0.39 is 29.4 Å². The average Bonchev–Trinajstić information content (AvgIpc) is 3.14. The number of Topliss-reactive ketones (excluding diaryl/α,β-unsaturated/α-hetero) is 1. The molecule has 7 heteroatoms. The van der Waals surface area contributed by atoms with Crippen LogP contribution in [-0.2, 0) is 19.1 Å². The largest absolute Gasteiger partial charge is 0.377 e. The van der Waals surface area contributed by atoms with Crippen molar-refractivity contribution >= 4 is 17.6 Å². The fourth-order valence-corrected chi connectivity index (χ4v) is 4.16. The van der Waals surface area contributed by atoms with Gasteiger partial charge in [0.2, 0.25) is 11.8 Å². The fourth-order valence-electron chi connectivity index (χ4n) is 4.16. The van der Waals surface area contributed by atoms with Crippen LogP contribution in [0.1, 0.15) is 42.6 Å². The van der Waals surface area contributed by atoms with E-state index in [0.29, 0.717) is 11.1 Å². The third kappa shape index (κ3) is 3.37. The number of rotatable bonds is 4. The number of nitrogens with two attached hydrogens (primary N) is 1. The Hall–Kier alpha value is -2.25. The third-order valence-electron chi connectivity index (χ3n) is 5.37. The number of primary amides is 1. The molecule has 0 unspecified atom stereocenters. The van der Waals surface area contributed by atoms with Crippen molar-refractivity contribution in [2.75, 3.05) is 20.3 Å². The summed E-state index contributed by atoms with van der Waals surface area (Å²) in [7, 11) is 1.55. The minimum Gasteiger partial charge on any atom is -0.377 e. The molecule has 2 aliphatic rings. The Kier molecular flexibility index (Phi) is 5.10. The van der Waals surface area contributed by atoms with Crippen molar-refractivity contribution in [2.24, 2.45) is 11.1 Å². The Labute approximate surface area is 158 Å². The van der Waals surface area contributed by atoms with Crippen molar-refractivity contribution in [1.29, 1.82) is 0 Å². The molecule has 2 aliphatic heterocycles. The zero-order chi connectivity index (χ0) is 19.9. The molecule has 3 rings (SSSR count). The van der Waals surface area contributed by atoms with Crippen molar-refractivity contribution in [3.05, 3.63) is 35.4 Å². The van der Waals surface area contributed by atoms with Gasteiger partial charge in [-0.05, 0) is 17.0 Å². The summed E-state index contributed by atoms with van der Waals surface area (Å²) in [5, 5.41) is 0. The number of nitrogens with zero attached hydrogens (tertiary/aromatic N) is 1. The summed E-state index contributed by atoms with van der Waals surface area (Å²) in [6, 6.07) is 6.23. The van der Waals surface area contributed by atoms with Gasteiger partial charge in [-0.1, -0.05) is 39.0 Å². The third-order valence-corrected chi connectivity index (χ3v) is 5.37. The monoisotopic (exact) mass is 374 g/mol. The number of hydrogen-bond acceptors (Lipinski definition) is 5. The molecule has 4 atom stereocenters. The number of benzene rings is 1. The van der Waals surface area contributed by atoms with E-state index in [1.54, 1.807) is 36.3 Å². The van der Waals surface area contributed by atoms with Crippen LogP contribution in [0.15, 0.2) is 24.3 Å². The predicted molar refractivity (Wildman–Crippen MR) is 98.2 cm³/mol. The van der Waals surface area contributed by atoms with Gasteiger partial charge in [-0.25, -0.2) is 0 Å². The van der Waals surface area contributed by atoms with Crippen LogP contribution < -0.4 is 5.73 Å². The fraction of sp³-hybridized carbons (Fsp3) is 0.550. The molecule has 2 heterocycles. The maximum atomic E-state index is 13.6. The molecule has 0 radical (unpaired) electrons. The number of carbonyl (C=O) groups is 3. The van der Waals surface area contributed by atoms with Gasteiger partial charge in [0.05, 0.1) is 12.5 Å². The molecule has 0 aromatic heterocycles. The second kappa shape index (κ2) is 7.05. The Morgan fingerprint density at radius 2 is 1.96 bits per heavy atom.